The van der Waals surface area contributed by atoms with Crippen molar-refractivity contribution in [1.82, 2.24) is 14.8 Å². The van der Waals surface area contributed by atoms with Crippen molar-refractivity contribution in [2.45, 2.75) is 19.8 Å². The topological polar surface area (TPSA) is 33.6 Å². The minimum absolute atomic E-state index is 0.0900. The second-order valence-electron chi connectivity index (χ2n) is 3.63. The van der Waals surface area contributed by atoms with Crippen molar-refractivity contribution >= 4 is 12.2 Å². The summed E-state index contributed by atoms with van der Waals surface area (Å²) in [6.07, 6.45) is 1.49. The van der Waals surface area contributed by atoms with Crippen LogP contribution in [0.25, 0.3) is 5.69 Å². The molecule has 0 saturated heterocycles. The molecule has 1 heterocycles. The van der Waals surface area contributed by atoms with E-state index in [2.05, 4.69) is 10.2 Å². The zero-order valence-corrected chi connectivity index (χ0v) is 10.0. The van der Waals surface area contributed by atoms with Gasteiger partial charge in [-0.25, -0.2) is 8.78 Å². The molecule has 6 heteroatoms. The third kappa shape index (κ3) is 2.26. The van der Waals surface area contributed by atoms with Gasteiger partial charge in [0.05, 0.1) is 5.69 Å². The van der Waals surface area contributed by atoms with E-state index in [0.717, 1.165) is 24.6 Å². The predicted octanol–water partition coefficient (Wildman–Crippen LogP) is 3.16. The van der Waals surface area contributed by atoms with Crippen molar-refractivity contribution in [1.29, 1.82) is 0 Å². The minimum atomic E-state index is -0.527. The van der Waals surface area contributed by atoms with E-state index in [4.69, 9.17) is 12.2 Å². The molecule has 0 unspecified atom stereocenters. The third-order valence-corrected chi connectivity index (χ3v) is 2.64. The van der Waals surface area contributed by atoms with Crippen LogP contribution in [0.15, 0.2) is 18.2 Å². The van der Waals surface area contributed by atoms with Gasteiger partial charge in [-0.15, -0.1) is 0 Å². The van der Waals surface area contributed by atoms with Crippen LogP contribution in [0, 0.1) is 16.4 Å². The quantitative estimate of drug-likeness (QED) is 0.855. The highest BCUT2D eigenvalue weighted by Gasteiger charge is 2.12. The summed E-state index contributed by atoms with van der Waals surface area (Å²) >= 11 is 5.03. The number of hydrogen-bond acceptors (Lipinski definition) is 2. The zero-order valence-electron chi connectivity index (χ0n) is 9.20. The summed E-state index contributed by atoms with van der Waals surface area (Å²) < 4.78 is 28.5. The van der Waals surface area contributed by atoms with Gasteiger partial charge in [-0.2, -0.15) is 5.10 Å². The average molecular weight is 255 g/mol. The van der Waals surface area contributed by atoms with Crippen LogP contribution < -0.4 is 0 Å². The van der Waals surface area contributed by atoms with Crippen molar-refractivity contribution in [3.05, 3.63) is 40.4 Å². The molecule has 0 aliphatic rings. The van der Waals surface area contributed by atoms with Gasteiger partial charge in [0.25, 0.3) is 0 Å². The molecule has 1 aromatic heterocycles. The van der Waals surface area contributed by atoms with Gasteiger partial charge in [0.1, 0.15) is 17.5 Å². The lowest BCUT2D eigenvalue weighted by Gasteiger charge is -2.07. The van der Waals surface area contributed by atoms with E-state index in [-0.39, 0.29) is 10.5 Å². The van der Waals surface area contributed by atoms with Crippen LogP contribution in [-0.2, 0) is 6.42 Å². The Kier molecular flexibility index (Phi) is 3.33. The largest absolute Gasteiger partial charge is 0.269 e. The normalized spacial score (nSPS) is 10.8. The molecule has 0 spiro atoms. The van der Waals surface area contributed by atoms with Crippen molar-refractivity contribution in [3.8, 4) is 5.69 Å². The Bertz CT molecular complexity index is 589. The van der Waals surface area contributed by atoms with Crippen molar-refractivity contribution < 1.29 is 8.78 Å². The number of H-pyrrole nitrogens is 1. The number of hydrogen-bond donors (Lipinski definition) is 1. The number of halogens is 2. The molecule has 0 saturated carbocycles. The van der Waals surface area contributed by atoms with Gasteiger partial charge in [0.2, 0.25) is 0 Å². The highest BCUT2D eigenvalue weighted by atomic mass is 32.1. The molecule has 3 nitrogen and oxygen atoms in total. The standard InChI is InChI=1S/C11H11F2N3S/c1-2-3-10-14-15-11(17)16(10)9-6-7(12)4-5-8(9)13/h4-6H,2-3H2,1H3,(H,15,17). The van der Waals surface area contributed by atoms with E-state index in [1.54, 1.807) is 0 Å². The number of benzene rings is 1. The van der Waals surface area contributed by atoms with Crippen LogP contribution in [0.2, 0.25) is 0 Å². The van der Waals surface area contributed by atoms with E-state index in [1.165, 1.54) is 4.57 Å². The lowest BCUT2D eigenvalue weighted by molar-refractivity contribution is 0.589. The third-order valence-electron chi connectivity index (χ3n) is 2.36. The fourth-order valence-corrected chi connectivity index (χ4v) is 1.88. The second kappa shape index (κ2) is 4.75. The van der Waals surface area contributed by atoms with Gasteiger partial charge in [-0.1, -0.05) is 6.92 Å². The maximum absolute atomic E-state index is 13.7. The molecule has 0 fully saturated rings. The molecular weight excluding hydrogens is 244 g/mol. The van der Waals surface area contributed by atoms with Gasteiger partial charge < -0.3 is 0 Å². The Morgan fingerprint density at radius 3 is 2.88 bits per heavy atom. The van der Waals surface area contributed by atoms with Gasteiger partial charge in [-0.05, 0) is 30.8 Å². The number of rotatable bonds is 3. The molecule has 1 aromatic carbocycles. The number of aromatic nitrogens is 3. The second-order valence-corrected chi connectivity index (χ2v) is 4.01. The summed E-state index contributed by atoms with van der Waals surface area (Å²) in [7, 11) is 0. The molecule has 0 radical (unpaired) electrons. The van der Waals surface area contributed by atoms with Crippen molar-refractivity contribution in [2.75, 3.05) is 0 Å². The van der Waals surface area contributed by atoms with E-state index >= 15 is 0 Å². The molecule has 2 aromatic rings. The molecule has 17 heavy (non-hydrogen) atoms. The van der Waals surface area contributed by atoms with Crippen LogP contribution in [0.1, 0.15) is 19.2 Å². The average Bonchev–Trinajstić information content (AvgIpc) is 2.64. The Labute approximate surface area is 102 Å². The first kappa shape index (κ1) is 11.9. The first-order valence-corrected chi connectivity index (χ1v) is 5.66. The number of nitrogens with zero attached hydrogens (tertiary/aromatic N) is 2. The summed E-state index contributed by atoms with van der Waals surface area (Å²) in [5.74, 6) is -0.435. The van der Waals surface area contributed by atoms with Crippen LogP contribution in [0.5, 0.6) is 0 Å². The number of aryl methyl sites for hydroxylation is 1. The predicted molar refractivity (Wildman–Crippen MR) is 62.7 cm³/mol. The molecule has 0 atom stereocenters. The summed E-state index contributed by atoms with van der Waals surface area (Å²) in [5, 5.41) is 6.60. The van der Waals surface area contributed by atoms with E-state index in [0.29, 0.717) is 12.2 Å². The molecule has 2 rings (SSSR count). The van der Waals surface area contributed by atoms with Crippen molar-refractivity contribution in [3.63, 3.8) is 0 Å². The lowest BCUT2D eigenvalue weighted by Crippen LogP contribution is -2.04. The molecule has 1 N–H and O–H groups in total. The molecule has 0 aliphatic carbocycles. The summed E-state index contributed by atoms with van der Waals surface area (Å²) in [4.78, 5) is 0. The van der Waals surface area contributed by atoms with Gasteiger partial charge in [-0.3, -0.25) is 9.67 Å². The van der Waals surface area contributed by atoms with Crippen LogP contribution >= 0.6 is 12.2 Å². The minimum Gasteiger partial charge on any atom is -0.269 e. The van der Waals surface area contributed by atoms with Crippen LogP contribution in [0.3, 0.4) is 0 Å². The Balaban J connectivity index is 2.63. The molecule has 0 aliphatic heterocycles. The van der Waals surface area contributed by atoms with Crippen LogP contribution in [0.4, 0.5) is 8.78 Å². The van der Waals surface area contributed by atoms with E-state index in [1.807, 2.05) is 6.92 Å². The number of nitrogens with one attached hydrogen (secondary N) is 1. The van der Waals surface area contributed by atoms with Gasteiger partial charge >= 0.3 is 0 Å². The van der Waals surface area contributed by atoms with E-state index in [9.17, 15) is 8.78 Å². The molecule has 0 amide bonds. The molecule has 90 valence electrons. The summed E-state index contributed by atoms with van der Waals surface area (Å²) in [5.41, 5.74) is 0.0900. The Hall–Kier alpha value is -1.56. The van der Waals surface area contributed by atoms with Crippen LogP contribution in [-0.4, -0.2) is 14.8 Å². The first-order chi connectivity index (χ1) is 8.13. The van der Waals surface area contributed by atoms with Gasteiger partial charge in [0, 0.05) is 12.5 Å². The highest BCUT2D eigenvalue weighted by Crippen LogP contribution is 2.17. The monoisotopic (exact) mass is 255 g/mol. The maximum Gasteiger partial charge on any atom is 0.199 e. The smallest absolute Gasteiger partial charge is 0.199 e. The SMILES string of the molecule is CCCc1n[nH]c(=S)n1-c1cc(F)ccc1F. The number of aromatic amines is 1. The summed E-state index contributed by atoms with van der Waals surface area (Å²) in [6.45, 7) is 1.98. The van der Waals surface area contributed by atoms with Gasteiger partial charge in [0.15, 0.2) is 4.77 Å². The fraction of sp³-hybridized carbons (Fsp3) is 0.273. The van der Waals surface area contributed by atoms with Crippen molar-refractivity contribution in [2.24, 2.45) is 0 Å². The summed E-state index contributed by atoms with van der Waals surface area (Å²) in [6, 6.07) is 3.26. The maximum atomic E-state index is 13.7. The Morgan fingerprint density at radius 2 is 2.18 bits per heavy atom. The Morgan fingerprint density at radius 1 is 1.41 bits per heavy atom. The highest BCUT2D eigenvalue weighted by molar-refractivity contribution is 7.71. The zero-order chi connectivity index (χ0) is 12.4. The molecular formula is C11H11F2N3S. The lowest BCUT2D eigenvalue weighted by atomic mass is 10.2. The fourth-order valence-electron chi connectivity index (χ4n) is 1.63. The molecule has 0 bridgehead atoms. The van der Waals surface area contributed by atoms with E-state index < -0.39 is 11.6 Å². The first-order valence-electron chi connectivity index (χ1n) is 5.25.